The van der Waals surface area contributed by atoms with E-state index in [2.05, 4.69) is 15.3 Å². The third-order valence-electron chi connectivity index (χ3n) is 8.48. The summed E-state index contributed by atoms with van der Waals surface area (Å²) < 4.78 is 53.0. The van der Waals surface area contributed by atoms with E-state index >= 15 is 0 Å². The van der Waals surface area contributed by atoms with Crippen LogP contribution in [0.2, 0.25) is 0 Å². The monoisotopic (exact) mass is 664 g/mol. The van der Waals surface area contributed by atoms with Crippen molar-refractivity contribution in [3.63, 3.8) is 0 Å². The topological polar surface area (TPSA) is 95.2 Å². The Morgan fingerprint density at radius 1 is 1.02 bits per heavy atom. The second-order valence-corrected chi connectivity index (χ2v) is 12.6. The minimum Gasteiger partial charge on any atom is -0.308 e. The number of amides is 1. The summed E-state index contributed by atoms with van der Waals surface area (Å²) in [5.74, 6) is -0.150. The van der Waals surface area contributed by atoms with E-state index in [1.807, 2.05) is 52.0 Å². The average Bonchev–Trinajstić information content (AvgIpc) is 3.77. The highest BCUT2D eigenvalue weighted by Gasteiger charge is 2.44. The lowest BCUT2D eigenvalue weighted by Gasteiger charge is -2.21. The van der Waals surface area contributed by atoms with E-state index in [1.165, 1.54) is 12.1 Å². The van der Waals surface area contributed by atoms with Gasteiger partial charge in [0.05, 0.1) is 11.3 Å². The van der Waals surface area contributed by atoms with Crippen LogP contribution in [0.25, 0.3) is 11.1 Å². The van der Waals surface area contributed by atoms with Crippen molar-refractivity contribution in [2.45, 2.75) is 112 Å². The first-order valence-corrected chi connectivity index (χ1v) is 15.9. The van der Waals surface area contributed by atoms with Crippen molar-refractivity contribution in [2.75, 3.05) is 0 Å². The molecule has 2 aliphatic rings. The number of nitriles is 1. The number of carbonyl (C=O) groups is 2. The van der Waals surface area contributed by atoms with Gasteiger partial charge in [-0.2, -0.15) is 18.4 Å². The fraction of sp³-hybridized carbons (Fsp3) is 0.447. The van der Waals surface area contributed by atoms with E-state index in [9.17, 15) is 27.2 Å². The van der Waals surface area contributed by atoms with Gasteiger partial charge >= 0.3 is 6.18 Å². The lowest BCUT2D eigenvalue weighted by Crippen LogP contribution is -2.39. The number of benzene rings is 2. The van der Waals surface area contributed by atoms with Gasteiger partial charge in [-0.15, -0.1) is 0 Å². The van der Waals surface area contributed by atoms with E-state index in [0.29, 0.717) is 41.9 Å². The van der Waals surface area contributed by atoms with Gasteiger partial charge in [0.1, 0.15) is 34.7 Å². The smallest absolute Gasteiger partial charge is 0.308 e. The Balaban J connectivity index is 0.000000257. The Morgan fingerprint density at radius 3 is 2.10 bits per heavy atom. The predicted molar refractivity (Wildman–Crippen MR) is 180 cm³/mol. The molecule has 2 aromatic carbocycles. The van der Waals surface area contributed by atoms with Crippen LogP contribution in [0.15, 0.2) is 41.4 Å². The Labute approximate surface area is 280 Å². The Bertz CT molecular complexity index is 1720. The summed E-state index contributed by atoms with van der Waals surface area (Å²) in [6.45, 7) is 11.2. The Morgan fingerprint density at radius 2 is 1.62 bits per heavy atom. The Hall–Kier alpha value is -4.39. The molecular formula is C38H44F4N4O2. The van der Waals surface area contributed by atoms with Gasteiger partial charge in [0, 0.05) is 17.9 Å². The molecule has 1 N–H and O–H groups in total. The highest BCUT2D eigenvalue weighted by atomic mass is 19.4. The van der Waals surface area contributed by atoms with Crippen LogP contribution >= 0.6 is 0 Å². The zero-order valence-electron chi connectivity index (χ0n) is 27.7. The minimum atomic E-state index is -4.48. The van der Waals surface area contributed by atoms with Gasteiger partial charge in [-0.3, -0.25) is 14.6 Å². The molecule has 48 heavy (non-hydrogen) atoms. The number of aryl methyl sites for hydroxylation is 3. The molecule has 2 heterocycles. The summed E-state index contributed by atoms with van der Waals surface area (Å²) in [6, 6.07) is 11.4. The number of nitrogens with one attached hydrogen (secondary N) is 1. The second-order valence-electron chi connectivity index (χ2n) is 12.6. The van der Waals surface area contributed by atoms with Crippen LogP contribution in [-0.2, 0) is 22.2 Å². The predicted octanol–water partition coefficient (Wildman–Crippen LogP) is 9.25. The van der Waals surface area contributed by atoms with Gasteiger partial charge in [0.15, 0.2) is 0 Å². The number of halogens is 4. The number of aromatic nitrogens is 1. The highest BCUT2D eigenvalue weighted by molar-refractivity contribution is 6.15. The molecule has 6 nitrogen and oxygen atoms in total. The van der Waals surface area contributed by atoms with Crippen LogP contribution in [0.3, 0.4) is 0 Å². The molecule has 1 aliphatic carbocycles. The number of aliphatic imine (C=N–C) groups is 1. The summed E-state index contributed by atoms with van der Waals surface area (Å²) >= 11 is 0. The van der Waals surface area contributed by atoms with Crippen LogP contribution in [0, 0.1) is 37.9 Å². The number of pyridine rings is 1. The fourth-order valence-corrected chi connectivity index (χ4v) is 6.36. The largest absolute Gasteiger partial charge is 0.433 e. The molecule has 1 fully saturated rings. The van der Waals surface area contributed by atoms with Gasteiger partial charge in [-0.1, -0.05) is 46.2 Å². The molecule has 0 bridgehead atoms. The summed E-state index contributed by atoms with van der Waals surface area (Å²) in [5, 5.41) is 11.8. The van der Waals surface area contributed by atoms with Crippen molar-refractivity contribution in [2.24, 2.45) is 4.99 Å². The number of hydrogen-bond acceptors (Lipinski definition) is 5. The molecule has 0 atom stereocenters. The number of carbonyl (C=O) groups excluding carboxylic acids is 2. The maximum absolute atomic E-state index is 14.0. The standard InChI is InChI=1S/C19H18FNO.C18H22F3N3O.CH4/c1-11-7-16(9-18(20)17(11)10-21)19-12(2)5-15(6-13(19)3)8-14(4)22;1-3-9-17(10-4-2)16(25)23-15(24-17)12-7-8-13(18(19,20)21)22-14(12)11-5-6-11;/h5-7,9H,8H2,1-4H3;7-8,11H,3-6,9-10H2,1-2H3,(H,23,24,25);1H4. The maximum Gasteiger partial charge on any atom is 0.433 e. The number of ketones is 1. The fourth-order valence-electron chi connectivity index (χ4n) is 6.36. The van der Waals surface area contributed by atoms with E-state index in [1.54, 1.807) is 13.8 Å². The number of Topliss-reactive ketones (excluding diaryl/α,β-unsaturated/α-hetero) is 1. The molecule has 1 amide bonds. The molecule has 3 aromatic rings. The molecule has 1 saturated carbocycles. The number of rotatable bonds is 9. The molecule has 0 radical (unpaired) electrons. The summed E-state index contributed by atoms with van der Waals surface area (Å²) in [4.78, 5) is 32.3. The minimum absolute atomic E-state index is 0. The van der Waals surface area contributed by atoms with E-state index < -0.39 is 23.2 Å². The molecule has 10 heteroatoms. The van der Waals surface area contributed by atoms with Crippen molar-refractivity contribution in [3.8, 4) is 17.2 Å². The van der Waals surface area contributed by atoms with E-state index in [-0.39, 0.29) is 30.6 Å². The second kappa shape index (κ2) is 15.2. The zero-order chi connectivity index (χ0) is 34.7. The van der Waals surface area contributed by atoms with E-state index in [0.717, 1.165) is 59.6 Å². The third kappa shape index (κ3) is 8.36. The number of nitrogens with zero attached hydrogens (tertiary/aromatic N) is 3. The van der Waals surface area contributed by atoms with Gasteiger partial charge < -0.3 is 5.32 Å². The molecule has 5 rings (SSSR count). The normalized spacial score (nSPS) is 15.0. The van der Waals surface area contributed by atoms with Gasteiger partial charge in [-0.25, -0.2) is 9.37 Å². The number of alkyl halides is 3. The quantitative estimate of drug-likeness (QED) is 0.231. The first-order chi connectivity index (χ1) is 22.1. The van der Waals surface area contributed by atoms with Crippen molar-refractivity contribution >= 4 is 17.5 Å². The molecule has 256 valence electrons. The Kier molecular flexibility index (Phi) is 12.1. The molecular weight excluding hydrogens is 620 g/mol. The summed E-state index contributed by atoms with van der Waals surface area (Å²) in [7, 11) is 0. The van der Waals surface area contributed by atoms with Crippen molar-refractivity contribution in [1.29, 1.82) is 5.26 Å². The van der Waals surface area contributed by atoms with Crippen LogP contribution in [0.5, 0.6) is 0 Å². The van der Waals surface area contributed by atoms with Crippen molar-refractivity contribution in [3.05, 3.63) is 87.0 Å². The molecule has 1 aliphatic heterocycles. The van der Waals surface area contributed by atoms with Crippen molar-refractivity contribution < 1.29 is 27.2 Å². The van der Waals surface area contributed by atoms with Gasteiger partial charge in [0.25, 0.3) is 5.91 Å². The highest BCUT2D eigenvalue weighted by Crippen LogP contribution is 2.43. The molecule has 0 saturated heterocycles. The van der Waals surface area contributed by atoms with Crippen LogP contribution in [0.1, 0.15) is 117 Å². The van der Waals surface area contributed by atoms with E-state index in [4.69, 9.17) is 5.26 Å². The maximum atomic E-state index is 14.0. The first-order valence-electron chi connectivity index (χ1n) is 15.9. The van der Waals surface area contributed by atoms with Crippen molar-refractivity contribution in [1.82, 2.24) is 10.3 Å². The zero-order valence-corrected chi connectivity index (χ0v) is 27.7. The molecule has 0 spiro atoms. The van der Waals surface area contributed by atoms with Gasteiger partial charge in [-0.05, 0) is 111 Å². The average molecular weight is 665 g/mol. The third-order valence-corrected chi connectivity index (χ3v) is 8.48. The number of amidine groups is 1. The lowest BCUT2D eigenvalue weighted by molar-refractivity contribution is -0.141. The van der Waals surface area contributed by atoms with Crippen LogP contribution in [0.4, 0.5) is 17.6 Å². The summed E-state index contributed by atoms with van der Waals surface area (Å²) in [5.41, 5.74) is 4.64. The first kappa shape index (κ1) is 38.1. The number of hydrogen-bond donors (Lipinski definition) is 1. The molecule has 1 aromatic heterocycles. The molecule has 0 unspecified atom stereocenters. The summed E-state index contributed by atoms with van der Waals surface area (Å²) in [6.07, 6.45) is 0.441. The lowest BCUT2D eigenvalue weighted by atomic mass is 9.89. The van der Waals surface area contributed by atoms with Crippen LogP contribution in [-0.4, -0.2) is 28.0 Å². The SMILES string of the molecule is C.CC(=O)Cc1cc(C)c(-c2cc(C)c(C#N)c(F)c2)c(C)c1.CCCC1(CCC)N=C(c2ccc(C(F)(F)F)nc2C2CC2)NC1=O. The van der Waals surface area contributed by atoms with Crippen LogP contribution < -0.4 is 5.32 Å². The van der Waals surface area contributed by atoms with Gasteiger partial charge in [0.2, 0.25) is 0 Å².